The maximum absolute atomic E-state index is 12.0. The molecule has 0 radical (unpaired) electrons. The monoisotopic (exact) mass is 272 g/mol. The first kappa shape index (κ1) is 13.3. The summed E-state index contributed by atoms with van der Waals surface area (Å²) in [5.74, 6) is -0.0705. The van der Waals surface area contributed by atoms with E-state index in [0.717, 1.165) is 5.56 Å². The summed E-state index contributed by atoms with van der Waals surface area (Å²) in [6, 6.07) is 5.37. The van der Waals surface area contributed by atoms with Crippen LogP contribution in [0.4, 0.5) is 19.1 Å². The van der Waals surface area contributed by atoms with Gasteiger partial charge in [-0.15, -0.1) is 13.2 Å². The summed E-state index contributed by atoms with van der Waals surface area (Å²) in [5.41, 5.74) is 7.47. The van der Waals surface area contributed by atoms with E-state index >= 15 is 0 Å². The standard InChI is InChI=1S/C12H11F3N2O2/c1-2-9-10(17-19-11(9)16)7-3-5-8(6-4-7)18-12(13,14)15/h3-6H,2,16H2,1H3. The van der Waals surface area contributed by atoms with Crippen LogP contribution >= 0.6 is 0 Å². The van der Waals surface area contributed by atoms with Crippen molar-refractivity contribution in [2.24, 2.45) is 0 Å². The zero-order valence-electron chi connectivity index (χ0n) is 9.99. The largest absolute Gasteiger partial charge is 0.573 e. The molecule has 0 unspecified atom stereocenters. The van der Waals surface area contributed by atoms with Crippen molar-refractivity contribution >= 4 is 5.88 Å². The number of ether oxygens (including phenoxy) is 1. The molecule has 0 saturated heterocycles. The lowest BCUT2D eigenvalue weighted by atomic mass is 10.1. The molecule has 0 aliphatic carbocycles. The van der Waals surface area contributed by atoms with Crippen LogP contribution in [0, 0.1) is 0 Å². The number of rotatable bonds is 3. The molecule has 0 spiro atoms. The highest BCUT2D eigenvalue weighted by Gasteiger charge is 2.31. The topological polar surface area (TPSA) is 61.3 Å². The normalized spacial score (nSPS) is 11.6. The Balaban J connectivity index is 2.27. The lowest BCUT2D eigenvalue weighted by Crippen LogP contribution is -2.16. The van der Waals surface area contributed by atoms with Gasteiger partial charge in [-0.25, -0.2) is 0 Å². The second kappa shape index (κ2) is 4.83. The molecule has 7 heteroatoms. The average Bonchev–Trinajstić information content (AvgIpc) is 2.69. The number of nitrogens with zero attached hydrogens (tertiary/aromatic N) is 1. The fourth-order valence-electron chi connectivity index (χ4n) is 1.70. The molecule has 4 nitrogen and oxygen atoms in total. The van der Waals surface area contributed by atoms with E-state index in [0.29, 0.717) is 17.7 Å². The average molecular weight is 272 g/mol. The van der Waals surface area contributed by atoms with Crippen molar-refractivity contribution in [2.75, 3.05) is 5.73 Å². The minimum atomic E-state index is -4.70. The molecule has 1 aromatic carbocycles. The molecule has 0 fully saturated rings. The highest BCUT2D eigenvalue weighted by atomic mass is 19.4. The SMILES string of the molecule is CCc1c(-c2ccc(OC(F)(F)F)cc2)noc1N. The molecule has 102 valence electrons. The number of benzene rings is 1. The lowest BCUT2D eigenvalue weighted by Gasteiger charge is -2.08. The van der Waals surface area contributed by atoms with E-state index in [1.54, 1.807) is 0 Å². The van der Waals surface area contributed by atoms with E-state index in [9.17, 15) is 13.2 Å². The van der Waals surface area contributed by atoms with E-state index in [-0.39, 0.29) is 11.6 Å². The second-order valence-electron chi connectivity index (χ2n) is 3.80. The zero-order valence-corrected chi connectivity index (χ0v) is 9.99. The van der Waals surface area contributed by atoms with Crippen LogP contribution in [-0.4, -0.2) is 11.5 Å². The highest BCUT2D eigenvalue weighted by molar-refractivity contribution is 5.67. The van der Waals surface area contributed by atoms with E-state index in [1.165, 1.54) is 24.3 Å². The van der Waals surface area contributed by atoms with Crippen molar-refractivity contribution in [3.8, 4) is 17.0 Å². The predicted octanol–water partition coefficient (Wildman–Crippen LogP) is 3.38. The van der Waals surface area contributed by atoms with E-state index in [4.69, 9.17) is 10.3 Å². The fourth-order valence-corrected chi connectivity index (χ4v) is 1.70. The first-order valence-corrected chi connectivity index (χ1v) is 5.51. The Labute approximate surface area is 106 Å². The van der Waals surface area contributed by atoms with Gasteiger partial charge in [0.25, 0.3) is 0 Å². The van der Waals surface area contributed by atoms with Gasteiger partial charge in [-0.2, -0.15) is 0 Å². The Morgan fingerprint density at radius 3 is 2.42 bits per heavy atom. The molecule has 0 amide bonds. The Morgan fingerprint density at radius 2 is 1.89 bits per heavy atom. The minimum Gasteiger partial charge on any atom is -0.406 e. The smallest absolute Gasteiger partial charge is 0.406 e. The molecule has 0 aliphatic heterocycles. The van der Waals surface area contributed by atoms with Crippen LogP contribution in [0.3, 0.4) is 0 Å². The van der Waals surface area contributed by atoms with Crippen LogP contribution in [0.1, 0.15) is 12.5 Å². The first-order chi connectivity index (χ1) is 8.90. The molecule has 19 heavy (non-hydrogen) atoms. The Bertz CT molecular complexity index is 561. The number of halogens is 3. The maximum Gasteiger partial charge on any atom is 0.573 e. The summed E-state index contributed by atoms with van der Waals surface area (Å²) in [6.45, 7) is 1.88. The van der Waals surface area contributed by atoms with E-state index < -0.39 is 6.36 Å². The fraction of sp³-hybridized carbons (Fsp3) is 0.250. The van der Waals surface area contributed by atoms with Crippen LogP contribution in [0.15, 0.2) is 28.8 Å². The molecular formula is C12H11F3N2O2. The van der Waals surface area contributed by atoms with Gasteiger partial charge in [0.2, 0.25) is 5.88 Å². The van der Waals surface area contributed by atoms with Crippen molar-refractivity contribution in [3.05, 3.63) is 29.8 Å². The molecular weight excluding hydrogens is 261 g/mol. The molecule has 2 N–H and O–H groups in total. The van der Waals surface area contributed by atoms with Crippen molar-refractivity contribution in [1.82, 2.24) is 5.16 Å². The van der Waals surface area contributed by atoms with Crippen LogP contribution in [0.5, 0.6) is 5.75 Å². The highest BCUT2D eigenvalue weighted by Crippen LogP contribution is 2.30. The molecule has 1 aromatic heterocycles. The number of alkyl halides is 3. The minimum absolute atomic E-state index is 0.216. The molecule has 0 bridgehead atoms. The van der Waals surface area contributed by atoms with Gasteiger partial charge < -0.3 is 15.0 Å². The van der Waals surface area contributed by atoms with Crippen LogP contribution < -0.4 is 10.5 Å². The zero-order chi connectivity index (χ0) is 14.0. The van der Waals surface area contributed by atoms with Gasteiger partial charge in [0.05, 0.1) is 0 Å². The summed E-state index contributed by atoms with van der Waals surface area (Å²) < 4.78 is 44.7. The Hall–Kier alpha value is -2.18. The predicted molar refractivity (Wildman–Crippen MR) is 62.4 cm³/mol. The van der Waals surface area contributed by atoms with Crippen LogP contribution in [0.25, 0.3) is 11.3 Å². The van der Waals surface area contributed by atoms with Gasteiger partial charge in [0.1, 0.15) is 11.4 Å². The second-order valence-corrected chi connectivity index (χ2v) is 3.80. The maximum atomic E-state index is 12.0. The first-order valence-electron chi connectivity index (χ1n) is 5.51. The van der Waals surface area contributed by atoms with Crippen LogP contribution in [-0.2, 0) is 6.42 Å². The molecule has 1 heterocycles. The van der Waals surface area contributed by atoms with Gasteiger partial charge in [0.15, 0.2) is 0 Å². The Morgan fingerprint density at radius 1 is 1.26 bits per heavy atom. The van der Waals surface area contributed by atoms with Gasteiger partial charge in [-0.05, 0) is 30.7 Å². The number of aromatic nitrogens is 1. The van der Waals surface area contributed by atoms with Crippen molar-refractivity contribution in [3.63, 3.8) is 0 Å². The molecule has 0 saturated carbocycles. The van der Waals surface area contributed by atoms with Gasteiger partial charge in [-0.1, -0.05) is 12.1 Å². The number of nitrogen functional groups attached to an aromatic ring is 1. The van der Waals surface area contributed by atoms with E-state index in [1.807, 2.05) is 6.92 Å². The van der Waals surface area contributed by atoms with Crippen molar-refractivity contribution in [1.29, 1.82) is 0 Å². The third-order valence-electron chi connectivity index (χ3n) is 2.53. The van der Waals surface area contributed by atoms with E-state index in [2.05, 4.69) is 9.89 Å². The van der Waals surface area contributed by atoms with Crippen LogP contribution in [0.2, 0.25) is 0 Å². The molecule has 0 atom stereocenters. The van der Waals surface area contributed by atoms with Crippen molar-refractivity contribution < 1.29 is 22.4 Å². The van der Waals surface area contributed by atoms with Gasteiger partial charge >= 0.3 is 6.36 Å². The number of nitrogens with two attached hydrogens (primary N) is 1. The van der Waals surface area contributed by atoms with Crippen molar-refractivity contribution in [2.45, 2.75) is 19.7 Å². The third kappa shape index (κ3) is 2.98. The third-order valence-corrected chi connectivity index (χ3v) is 2.53. The Kier molecular flexibility index (Phi) is 3.37. The number of hydrogen-bond donors (Lipinski definition) is 1. The lowest BCUT2D eigenvalue weighted by molar-refractivity contribution is -0.274. The number of hydrogen-bond acceptors (Lipinski definition) is 4. The number of anilines is 1. The summed E-state index contributed by atoms with van der Waals surface area (Å²) in [7, 11) is 0. The molecule has 0 aliphatic rings. The molecule has 2 aromatic rings. The summed E-state index contributed by atoms with van der Waals surface area (Å²) in [5, 5.41) is 3.80. The summed E-state index contributed by atoms with van der Waals surface area (Å²) in [6.07, 6.45) is -4.08. The summed E-state index contributed by atoms with van der Waals surface area (Å²) in [4.78, 5) is 0. The quantitative estimate of drug-likeness (QED) is 0.930. The summed E-state index contributed by atoms with van der Waals surface area (Å²) >= 11 is 0. The van der Waals surface area contributed by atoms with Gasteiger partial charge in [0, 0.05) is 11.1 Å². The molecule has 2 rings (SSSR count). The van der Waals surface area contributed by atoms with Gasteiger partial charge in [-0.3, -0.25) is 0 Å².